The molecular formula is C25H31N5O5. The van der Waals surface area contributed by atoms with Crippen LogP contribution < -0.4 is 4.90 Å². The van der Waals surface area contributed by atoms with Gasteiger partial charge < -0.3 is 18.8 Å². The number of hydrogen-bond acceptors (Lipinski definition) is 7. The van der Waals surface area contributed by atoms with E-state index in [0.717, 1.165) is 53.8 Å². The maximum absolute atomic E-state index is 12.5. The van der Waals surface area contributed by atoms with Gasteiger partial charge in [-0.2, -0.15) is 0 Å². The number of aryl methyl sites for hydroxylation is 4. The van der Waals surface area contributed by atoms with E-state index in [1.165, 1.54) is 7.11 Å². The lowest BCUT2D eigenvalue weighted by atomic mass is 9.85. The van der Waals surface area contributed by atoms with Gasteiger partial charge in [0, 0.05) is 37.4 Å². The van der Waals surface area contributed by atoms with Crippen molar-refractivity contribution in [3.05, 3.63) is 35.3 Å². The third-order valence-electron chi connectivity index (χ3n) is 7.44. The van der Waals surface area contributed by atoms with Crippen LogP contribution in [0.2, 0.25) is 0 Å². The Kier molecular flexibility index (Phi) is 6.21. The van der Waals surface area contributed by atoms with Gasteiger partial charge in [0.25, 0.3) is 0 Å². The largest absolute Gasteiger partial charge is 0.481 e. The smallest absolute Gasteiger partial charge is 0.414 e. The standard InChI is InChI=1S/C25H31N5O5/c1-14-4-9-18-19(29(14)25(33)34-3)10-11-20-23(18)26-21(12-13-22-28-27-15(2)35-22)30(20)17-7-5-16(6-8-17)24(31)32/h10-11,14,16-17H,4-9,12-13H2,1-3H3,(H,31,32). The van der Waals surface area contributed by atoms with Crippen LogP contribution in [0.25, 0.3) is 11.0 Å². The minimum atomic E-state index is -0.711. The zero-order valence-corrected chi connectivity index (χ0v) is 20.4. The molecule has 1 aliphatic carbocycles. The van der Waals surface area contributed by atoms with Crippen LogP contribution in [0.15, 0.2) is 16.5 Å². The van der Waals surface area contributed by atoms with Crippen molar-refractivity contribution in [1.82, 2.24) is 19.7 Å². The van der Waals surface area contributed by atoms with Crippen LogP contribution in [0.1, 0.15) is 68.2 Å². The fraction of sp³-hybridized carbons (Fsp3) is 0.560. The number of carboxylic acids is 1. The maximum Gasteiger partial charge on any atom is 0.414 e. The monoisotopic (exact) mass is 481 g/mol. The number of aliphatic carboxylic acids is 1. The number of carbonyl (C=O) groups is 2. The second-order valence-corrected chi connectivity index (χ2v) is 9.62. The van der Waals surface area contributed by atoms with Crippen molar-refractivity contribution in [3.63, 3.8) is 0 Å². The summed E-state index contributed by atoms with van der Waals surface area (Å²) in [6.07, 6.45) is 5.37. The molecule has 0 saturated heterocycles. The number of rotatable bonds is 5. The molecule has 0 spiro atoms. The average Bonchev–Trinajstić information content (AvgIpc) is 3.45. The summed E-state index contributed by atoms with van der Waals surface area (Å²) < 4.78 is 12.9. The molecule has 2 aliphatic rings. The molecule has 1 fully saturated rings. The number of hydrogen-bond donors (Lipinski definition) is 1. The Balaban J connectivity index is 1.56. The van der Waals surface area contributed by atoms with Gasteiger partial charge in [0.05, 0.1) is 29.7 Å². The Morgan fingerprint density at radius 1 is 1.14 bits per heavy atom. The van der Waals surface area contributed by atoms with Crippen LogP contribution in [0.5, 0.6) is 0 Å². The fourth-order valence-corrected chi connectivity index (χ4v) is 5.65. The molecule has 1 N–H and O–H groups in total. The third-order valence-corrected chi connectivity index (χ3v) is 7.44. The van der Waals surface area contributed by atoms with Crippen LogP contribution in [-0.2, 0) is 28.8 Å². The summed E-state index contributed by atoms with van der Waals surface area (Å²) in [6, 6.07) is 4.25. The van der Waals surface area contributed by atoms with E-state index in [-0.39, 0.29) is 24.1 Å². The zero-order chi connectivity index (χ0) is 24.7. The summed E-state index contributed by atoms with van der Waals surface area (Å²) >= 11 is 0. The van der Waals surface area contributed by atoms with Gasteiger partial charge in [-0.15, -0.1) is 10.2 Å². The quantitative estimate of drug-likeness (QED) is 0.574. The number of methoxy groups -OCH3 is 1. The van der Waals surface area contributed by atoms with Gasteiger partial charge in [0.15, 0.2) is 0 Å². The number of fused-ring (bicyclic) bond motifs is 3. The number of amides is 1. The van der Waals surface area contributed by atoms with Crippen molar-refractivity contribution in [2.75, 3.05) is 12.0 Å². The van der Waals surface area contributed by atoms with Gasteiger partial charge in [-0.1, -0.05) is 0 Å². The predicted octanol–water partition coefficient (Wildman–Crippen LogP) is 4.24. The van der Waals surface area contributed by atoms with E-state index in [0.29, 0.717) is 37.5 Å². The molecule has 1 aromatic carbocycles. The number of ether oxygens (including phenoxy) is 1. The SMILES string of the molecule is COC(=O)N1c2ccc3c(nc(CCc4nnc(C)o4)n3C3CCC(C(=O)O)CC3)c2CCC1C. The number of nitrogens with zero attached hydrogens (tertiary/aromatic N) is 5. The molecule has 3 aromatic rings. The van der Waals surface area contributed by atoms with E-state index in [1.807, 2.05) is 19.1 Å². The maximum atomic E-state index is 12.5. The highest BCUT2D eigenvalue weighted by atomic mass is 16.5. The predicted molar refractivity (Wildman–Crippen MR) is 127 cm³/mol. The first kappa shape index (κ1) is 23.3. The molecule has 1 aliphatic heterocycles. The molecule has 2 aromatic heterocycles. The van der Waals surface area contributed by atoms with E-state index >= 15 is 0 Å². The molecule has 1 unspecified atom stereocenters. The fourth-order valence-electron chi connectivity index (χ4n) is 5.65. The van der Waals surface area contributed by atoms with Gasteiger partial charge in [-0.05, 0) is 57.6 Å². The topological polar surface area (TPSA) is 124 Å². The lowest BCUT2D eigenvalue weighted by Crippen LogP contribution is -2.42. The summed E-state index contributed by atoms with van der Waals surface area (Å²) in [7, 11) is 1.40. The number of carboxylic acid groups (broad SMARTS) is 1. The molecular weight excluding hydrogens is 450 g/mol. The van der Waals surface area contributed by atoms with Gasteiger partial charge in [0.1, 0.15) is 5.82 Å². The summed E-state index contributed by atoms with van der Waals surface area (Å²) in [5.74, 6) is 1.03. The summed E-state index contributed by atoms with van der Waals surface area (Å²) in [4.78, 5) is 30.9. The van der Waals surface area contributed by atoms with Gasteiger partial charge >= 0.3 is 12.1 Å². The molecule has 0 radical (unpaired) electrons. The highest BCUT2D eigenvalue weighted by molar-refractivity contribution is 5.95. The van der Waals surface area contributed by atoms with Crippen LogP contribution in [0, 0.1) is 12.8 Å². The second kappa shape index (κ2) is 9.31. The molecule has 1 amide bonds. The normalized spacial score (nSPS) is 22.3. The van der Waals surface area contributed by atoms with E-state index in [2.05, 4.69) is 14.8 Å². The van der Waals surface area contributed by atoms with Crippen LogP contribution in [-0.4, -0.2) is 50.1 Å². The first-order valence-corrected chi connectivity index (χ1v) is 12.3. The molecule has 5 rings (SSSR count). The Labute approximate surface area is 203 Å². The highest BCUT2D eigenvalue weighted by Crippen LogP contribution is 2.40. The molecule has 1 saturated carbocycles. The van der Waals surface area contributed by atoms with Crippen molar-refractivity contribution < 1.29 is 23.8 Å². The van der Waals surface area contributed by atoms with Crippen molar-refractivity contribution >= 4 is 28.8 Å². The third kappa shape index (κ3) is 4.26. The van der Waals surface area contributed by atoms with Crippen LogP contribution in [0.3, 0.4) is 0 Å². The molecule has 10 nitrogen and oxygen atoms in total. The number of imidazole rings is 1. The van der Waals surface area contributed by atoms with Gasteiger partial charge in [0.2, 0.25) is 11.8 Å². The van der Waals surface area contributed by atoms with E-state index in [1.54, 1.807) is 11.8 Å². The Morgan fingerprint density at radius 3 is 2.57 bits per heavy atom. The molecule has 10 heteroatoms. The molecule has 186 valence electrons. The Bertz CT molecular complexity index is 1260. The van der Waals surface area contributed by atoms with Crippen LogP contribution >= 0.6 is 0 Å². The Hall–Kier alpha value is -3.43. The molecule has 3 heterocycles. The van der Waals surface area contributed by atoms with Crippen molar-refractivity contribution in [3.8, 4) is 0 Å². The lowest BCUT2D eigenvalue weighted by molar-refractivity contribution is -0.143. The van der Waals surface area contributed by atoms with Gasteiger partial charge in [-0.3, -0.25) is 9.69 Å². The number of carbonyl (C=O) groups excluding carboxylic acids is 1. The Morgan fingerprint density at radius 2 is 1.91 bits per heavy atom. The zero-order valence-electron chi connectivity index (χ0n) is 20.4. The molecule has 35 heavy (non-hydrogen) atoms. The molecule has 1 atom stereocenters. The van der Waals surface area contributed by atoms with Crippen molar-refractivity contribution in [1.29, 1.82) is 0 Å². The number of aromatic nitrogens is 4. The first-order valence-electron chi connectivity index (χ1n) is 12.3. The van der Waals surface area contributed by atoms with E-state index < -0.39 is 5.97 Å². The summed E-state index contributed by atoms with van der Waals surface area (Å²) in [6.45, 7) is 3.80. The summed E-state index contributed by atoms with van der Waals surface area (Å²) in [5.41, 5.74) is 3.83. The first-order chi connectivity index (χ1) is 16.9. The number of benzene rings is 1. The van der Waals surface area contributed by atoms with Crippen molar-refractivity contribution in [2.24, 2.45) is 5.92 Å². The van der Waals surface area contributed by atoms with Gasteiger partial charge in [-0.25, -0.2) is 9.78 Å². The highest BCUT2D eigenvalue weighted by Gasteiger charge is 2.33. The van der Waals surface area contributed by atoms with Crippen molar-refractivity contribution in [2.45, 2.75) is 77.3 Å². The van der Waals surface area contributed by atoms with E-state index in [9.17, 15) is 14.7 Å². The minimum Gasteiger partial charge on any atom is -0.481 e. The average molecular weight is 482 g/mol. The van der Waals surface area contributed by atoms with E-state index in [4.69, 9.17) is 14.1 Å². The molecule has 0 bridgehead atoms. The van der Waals surface area contributed by atoms with Crippen LogP contribution in [0.4, 0.5) is 10.5 Å². The lowest BCUT2D eigenvalue weighted by Gasteiger charge is -2.34. The second-order valence-electron chi connectivity index (χ2n) is 9.62. The summed E-state index contributed by atoms with van der Waals surface area (Å²) in [5, 5.41) is 17.5. The minimum absolute atomic E-state index is 0.0426. The number of anilines is 1.